The lowest BCUT2D eigenvalue weighted by Gasteiger charge is -1.78. The van der Waals surface area contributed by atoms with E-state index in [4.69, 9.17) is 0 Å². The van der Waals surface area contributed by atoms with Crippen LogP contribution in [0.25, 0.3) is 0 Å². The molecule has 0 fully saturated rings. The van der Waals surface area contributed by atoms with E-state index >= 15 is 0 Å². The molecule has 1 unspecified atom stereocenters. The lowest BCUT2D eigenvalue weighted by atomic mass is 10.6. The first-order valence-corrected chi connectivity index (χ1v) is 1.92. The third-order valence-electron chi connectivity index (χ3n) is 0.197. The Hall–Kier alpha value is 0.0200. The normalized spacial score (nSPS) is 11.7. The Morgan fingerprint density at radius 1 is 1.83 bits per heavy atom. The summed E-state index contributed by atoms with van der Waals surface area (Å²) in [6.45, 7) is 1.72. The largest absolute Gasteiger partial charge is 0.302 e. The van der Waals surface area contributed by atoms with Crippen molar-refractivity contribution in [1.82, 2.24) is 0 Å². The molecule has 0 amide bonds. The Morgan fingerprint density at radius 2 is 2.00 bits per heavy atom. The van der Waals surface area contributed by atoms with Crippen LogP contribution in [0, 0.1) is 0 Å². The first kappa shape index (κ1) is 9.39. The number of hydrogen-bond acceptors (Lipinski definition) is 2. The fourth-order valence-corrected chi connectivity index (χ4v) is 0. The van der Waals surface area contributed by atoms with Gasteiger partial charge in [0.2, 0.25) is 0 Å². The highest BCUT2D eigenvalue weighted by Crippen LogP contribution is 1.81. The molecule has 0 radical (unpaired) electrons. The van der Waals surface area contributed by atoms with Crippen molar-refractivity contribution in [3.8, 4) is 0 Å². The van der Waals surface area contributed by atoms with Gasteiger partial charge < -0.3 is 4.79 Å². The zero-order valence-electron chi connectivity index (χ0n) is 3.01. The molecule has 1 atom stereocenters. The van der Waals surface area contributed by atoms with E-state index in [0.717, 1.165) is 6.29 Å². The van der Waals surface area contributed by atoms with Crippen molar-refractivity contribution in [1.29, 1.82) is 0 Å². The average Bonchev–Trinajstić information content (AvgIpc) is 1.38. The molecular weight excluding hydrogens is 96.1 g/mol. The maximum absolute atomic E-state index is 9.43. The molecule has 0 heterocycles. The second-order valence-electron chi connectivity index (χ2n) is 0.877. The van der Waals surface area contributed by atoms with Crippen LogP contribution in [0.3, 0.4) is 0 Å². The highest BCUT2D eigenvalue weighted by atomic mass is 32.1. The van der Waals surface area contributed by atoms with Crippen molar-refractivity contribution in [3.63, 3.8) is 0 Å². The van der Waals surface area contributed by atoms with E-state index in [2.05, 4.69) is 12.6 Å². The van der Waals surface area contributed by atoms with Crippen LogP contribution in [0.2, 0.25) is 0 Å². The highest BCUT2D eigenvalue weighted by molar-refractivity contribution is 7.81. The predicted octanol–water partition coefficient (Wildman–Crippen LogP) is 1.14. The van der Waals surface area contributed by atoms with E-state index in [9.17, 15) is 4.79 Å². The Bertz CT molecular complexity index is 34.5. The number of hydrogen-bond donors (Lipinski definition) is 1. The summed E-state index contributed by atoms with van der Waals surface area (Å²) in [6, 6.07) is 0. The molecule has 0 saturated carbocycles. The fourth-order valence-electron chi connectivity index (χ4n) is 0. The molecule has 0 aromatic carbocycles. The summed E-state index contributed by atoms with van der Waals surface area (Å²) in [5.74, 6) is 0. The molecule has 2 heteroatoms. The topological polar surface area (TPSA) is 17.1 Å². The Morgan fingerprint density at radius 3 is 2.00 bits per heavy atom. The van der Waals surface area contributed by atoms with E-state index in [1.807, 2.05) is 0 Å². The van der Waals surface area contributed by atoms with Crippen LogP contribution in [0.5, 0.6) is 0 Å². The number of carbonyl (C=O) groups excluding carboxylic acids is 1. The Kier molecular flexibility index (Phi) is 7.85. The highest BCUT2D eigenvalue weighted by Gasteiger charge is 1.80. The molecule has 0 aromatic rings. The molecule has 1 nitrogen and oxygen atoms in total. The lowest BCUT2D eigenvalue weighted by molar-refractivity contribution is -0.107. The molecular formula is C4H10OS. The summed E-state index contributed by atoms with van der Waals surface area (Å²) in [5, 5.41) is -0.102. The van der Waals surface area contributed by atoms with Gasteiger partial charge in [-0.05, 0) is 6.92 Å². The van der Waals surface area contributed by atoms with E-state index < -0.39 is 0 Å². The summed E-state index contributed by atoms with van der Waals surface area (Å²) in [5.41, 5.74) is 0. The van der Waals surface area contributed by atoms with Crippen LogP contribution in [-0.4, -0.2) is 11.5 Å². The molecule has 0 aliphatic heterocycles. The first-order valence-electron chi connectivity index (χ1n) is 1.40. The van der Waals surface area contributed by atoms with Crippen molar-refractivity contribution in [3.05, 3.63) is 0 Å². The van der Waals surface area contributed by atoms with Crippen molar-refractivity contribution < 1.29 is 4.79 Å². The molecule has 0 N–H and O–H groups in total. The van der Waals surface area contributed by atoms with Gasteiger partial charge in [-0.3, -0.25) is 0 Å². The number of thiol groups is 1. The summed E-state index contributed by atoms with van der Waals surface area (Å²) in [4.78, 5) is 9.43. The third kappa shape index (κ3) is 8.99. The first-order chi connectivity index (χ1) is 2.27. The van der Waals surface area contributed by atoms with Gasteiger partial charge in [-0.15, -0.1) is 0 Å². The van der Waals surface area contributed by atoms with E-state index in [1.165, 1.54) is 0 Å². The molecule has 0 rings (SSSR count). The van der Waals surface area contributed by atoms with E-state index in [-0.39, 0.29) is 12.7 Å². The van der Waals surface area contributed by atoms with Crippen LogP contribution in [0.1, 0.15) is 14.4 Å². The second kappa shape index (κ2) is 5.02. The predicted molar refractivity (Wildman–Crippen MR) is 31.2 cm³/mol. The van der Waals surface area contributed by atoms with Crippen LogP contribution < -0.4 is 0 Å². The maximum atomic E-state index is 9.43. The van der Waals surface area contributed by atoms with Crippen LogP contribution in [0.15, 0.2) is 0 Å². The lowest BCUT2D eigenvalue weighted by Crippen LogP contribution is -1.87. The van der Waals surface area contributed by atoms with Crippen LogP contribution >= 0.6 is 12.6 Å². The van der Waals surface area contributed by atoms with Gasteiger partial charge >= 0.3 is 0 Å². The van der Waals surface area contributed by atoms with Gasteiger partial charge in [-0.25, -0.2) is 0 Å². The molecule has 0 aromatic heterocycles. The van der Waals surface area contributed by atoms with Crippen molar-refractivity contribution in [2.75, 3.05) is 0 Å². The third-order valence-corrected chi connectivity index (χ3v) is 0.319. The minimum Gasteiger partial charge on any atom is -0.302 e. The number of rotatable bonds is 1. The summed E-state index contributed by atoms with van der Waals surface area (Å²) in [7, 11) is 0. The molecule has 38 valence electrons. The van der Waals surface area contributed by atoms with Crippen molar-refractivity contribution in [2.24, 2.45) is 0 Å². The Labute approximate surface area is 44.2 Å². The quantitative estimate of drug-likeness (QED) is 0.392. The fraction of sp³-hybridized carbons (Fsp3) is 0.750. The Balaban J connectivity index is 0. The number of aldehydes is 1. The second-order valence-corrected chi connectivity index (χ2v) is 1.69. The van der Waals surface area contributed by atoms with Gasteiger partial charge in [0.15, 0.2) is 0 Å². The molecule has 0 bridgehead atoms. The zero-order chi connectivity index (χ0) is 4.28. The van der Waals surface area contributed by atoms with Gasteiger partial charge in [0.05, 0.1) is 5.25 Å². The minimum atomic E-state index is -0.102. The molecule has 0 saturated heterocycles. The summed E-state index contributed by atoms with van der Waals surface area (Å²) < 4.78 is 0. The smallest absolute Gasteiger partial charge is 0.132 e. The number of carbonyl (C=O) groups is 1. The summed E-state index contributed by atoms with van der Waals surface area (Å²) in [6.07, 6.45) is 0.781. The van der Waals surface area contributed by atoms with Crippen LogP contribution in [-0.2, 0) is 4.79 Å². The van der Waals surface area contributed by atoms with E-state index in [0.29, 0.717) is 0 Å². The molecule has 0 spiro atoms. The average molecular weight is 106 g/mol. The van der Waals surface area contributed by atoms with Crippen LogP contribution in [0.4, 0.5) is 0 Å². The van der Waals surface area contributed by atoms with Gasteiger partial charge in [0.25, 0.3) is 0 Å². The van der Waals surface area contributed by atoms with Gasteiger partial charge in [-0.1, -0.05) is 7.43 Å². The monoisotopic (exact) mass is 106 g/mol. The zero-order valence-corrected chi connectivity index (χ0v) is 3.90. The van der Waals surface area contributed by atoms with Gasteiger partial charge in [0, 0.05) is 0 Å². The summed E-state index contributed by atoms with van der Waals surface area (Å²) >= 11 is 3.73. The van der Waals surface area contributed by atoms with Gasteiger partial charge in [-0.2, -0.15) is 12.6 Å². The molecule has 0 aliphatic carbocycles. The SMILES string of the molecule is C.CC(S)C=O. The molecule has 0 aliphatic rings. The molecule has 6 heavy (non-hydrogen) atoms. The van der Waals surface area contributed by atoms with Crippen molar-refractivity contribution >= 4 is 18.9 Å². The maximum Gasteiger partial charge on any atom is 0.132 e. The van der Waals surface area contributed by atoms with Gasteiger partial charge in [0.1, 0.15) is 6.29 Å². The standard InChI is InChI=1S/C3H6OS.CH4/c1-3(5)2-4;/h2-3,5H,1H3;1H4. The van der Waals surface area contributed by atoms with Crippen molar-refractivity contribution in [2.45, 2.75) is 19.6 Å². The van der Waals surface area contributed by atoms with E-state index in [1.54, 1.807) is 6.92 Å². The minimum absolute atomic E-state index is 0.